The molecule has 3 aromatic carbocycles. The lowest BCUT2D eigenvalue weighted by molar-refractivity contribution is -0.137. The first kappa shape index (κ1) is 22.4. The molecule has 2 aliphatic rings. The van der Waals surface area contributed by atoms with Crippen molar-refractivity contribution in [1.29, 1.82) is 0 Å². The first-order valence-electron chi connectivity index (χ1n) is 10.2. The molecule has 5 rings (SSSR count). The summed E-state index contributed by atoms with van der Waals surface area (Å²) in [7, 11) is 0. The summed E-state index contributed by atoms with van der Waals surface area (Å²) in [6.07, 6.45) is -6.04. The van der Waals surface area contributed by atoms with Crippen molar-refractivity contribution in [3.8, 4) is 0 Å². The number of hydrogen-bond donors (Lipinski definition) is 0. The Morgan fingerprint density at radius 3 is 2.21 bits per heavy atom. The van der Waals surface area contributed by atoms with Gasteiger partial charge in [-0.3, -0.25) is 14.4 Å². The molecule has 0 bridgehead atoms. The zero-order valence-electron chi connectivity index (χ0n) is 17.2. The van der Waals surface area contributed by atoms with Crippen LogP contribution in [-0.4, -0.2) is 17.9 Å². The van der Waals surface area contributed by atoms with E-state index in [1.165, 1.54) is 29.3 Å². The summed E-state index contributed by atoms with van der Waals surface area (Å²) >= 11 is 6.30. The van der Waals surface area contributed by atoms with Gasteiger partial charge < -0.3 is 0 Å². The summed E-state index contributed by atoms with van der Waals surface area (Å²) in [5.41, 5.74) is -0.851. The molecule has 0 aliphatic carbocycles. The number of rotatable bonds is 3. The third kappa shape index (κ3) is 3.52. The van der Waals surface area contributed by atoms with Crippen LogP contribution in [0.25, 0.3) is 0 Å². The minimum Gasteiger partial charge on any atom is -0.273 e. The zero-order chi connectivity index (χ0) is 24.2. The highest BCUT2D eigenvalue weighted by molar-refractivity contribution is 6.31. The first-order valence-corrected chi connectivity index (χ1v) is 10.6. The molecule has 5 nitrogen and oxygen atoms in total. The van der Waals surface area contributed by atoms with E-state index >= 15 is 0 Å². The van der Waals surface area contributed by atoms with Gasteiger partial charge >= 0.3 is 6.18 Å². The van der Waals surface area contributed by atoms with Gasteiger partial charge in [-0.2, -0.15) is 13.2 Å². The molecular formula is C24H15ClF4N2O3. The van der Waals surface area contributed by atoms with E-state index in [4.69, 9.17) is 16.4 Å². The minimum atomic E-state index is -4.67. The normalized spacial score (nSPS) is 22.4. The largest absolute Gasteiger partial charge is 0.416 e. The average Bonchev–Trinajstić information content (AvgIpc) is 3.30. The van der Waals surface area contributed by atoms with Crippen LogP contribution in [0.4, 0.5) is 28.9 Å². The number of para-hydroxylation sites is 1. The number of fused-ring (bicyclic) bond motifs is 1. The van der Waals surface area contributed by atoms with Crippen molar-refractivity contribution in [2.75, 3.05) is 9.96 Å². The van der Waals surface area contributed by atoms with Gasteiger partial charge in [0.05, 0.1) is 16.9 Å². The van der Waals surface area contributed by atoms with E-state index in [0.29, 0.717) is 10.6 Å². The highest BCUT2D eigenvalue weighted by atomic mass is 35.5. The Hall–Kier alpha value is -3.43. The Labute approximate surface area is 196 Å². The quantitative estimate of drug-likeness (QED) is 0.357. The summed E-state index contributed by atoms with van der Waals surface area (Å²) < 4.78 is 54.6. The Morgan fingerprint density at radius 2 is 1.53 bits per heavy atom. The highest BCUT2D eigenvalue weighted by Crippen LogP contribution is 2.49. The van der Waals surface area contributed by atoms with E-state index in [0.717, 1.165) is 18.2 Å². The number of imide groups is 1. The molecule has 3 aromatic rings. The van der Waals surface area contributed by atoms with Gasteiger partial charge in [0, 0.05) is 10.6 Å². The molecule has 2 fully saturated rings. The van der Waals surface area contributed by atoms with Gasteiger partial charge in [0.25, 0.3) is 5.91 Å². The van der Waals surface area contributed by atoms with Crippen molar-refractivity contribution in [3.05, 3.63) is 94.8 Å². The van der Waals surface area contributed by atoms with Crippen LogP contribution in [0.3, 0.4) is 0 Å². The van der Waals surface area contributed by atoms with Crippen LogP contribution >= 0.6 is 11.6 Å². The van der Waals surface area contributed by atoms with Crippen molar-refractivity contribution in [2.24, 2.45) is 5.92 Å². The number of alkyl halides is 3. The molecule has 2 aliphatic heterocycles. The Balaban J connectivity index is 1.61. The van der Waals surface area contributed by atoms with Gasteiger partial charge in [0.2, 0.25) is 5.91 Å². The lowest BCUT2D eigenvalue weighted by Gasteiger charge is -2.29. The zero-order valence-corrected chi connectivity index (χ0v) is 17.9. The van der Waals surface area contributed by atoms with E-state index in [9.17, 15) is 27.2 Å². The number of carbonyl (C=O) groups is 2. The Kier molecular flexibility index (Phi) is 5.33. The number of anilines is 2. The Morgan fingerprint density at radius 1 is 0.853 bits per heavy atom. The molecule has 3 atom stereocenters. The van der Waals surface area contributed by atoms with Crippen LogP contribution in [0, 0.1) is 11.7 Å². The maximum atomic E-state index is 15.0. The number of halogens is 5. The monoisotopic (exact) mass is 490 g/mol. The van der Waals surface area contributed by atoms with Gasteiger partial charge in [-0.05, 0) is 42.5 Å². The second-order valence-electron chi connectivity index (χ2n) is 7.85. The van der Waals surface area contributed by atoms with E-state index in [1.807, 2.05) is 0 Å². The van der Waals surface area contributed by atoms with Gasteiger partial charge in [-0.1, -0.05) is 41.9 Å². The second-order valence-corrected chi connectivity index (χ2v) is 8.26. The molecule has 2 heterocycles. The first-order chi connectivity index (χ1) is 16.2. The molecule has 0 radical (unpaired) electrons. The summed E-state index contributed by atoms with van der Waals surface area (Å²) in [5, 5.41) is 1.28. The molecule has 0 aromatic heterocycles. The molecule has 10 heteroatoms. The van der Waals surface area contributed by atoms with Crippen LogP contribution < -0.4 is 9.96 Å². The number of benzene rings is 3. The van der Waals surface area contributed by atoms with E-state index in [2.05, 4.69) is 0 Å². The predicted molar refractivity (Wildman–Crippen MR) is 115 cm³/mol. The number of nitrogens with zero attached hydrogens (tertiary/aromatic N) is 2. The van der Waals surface area contributed by atoms with Crippen LogP contribution in [0.2, 0.25) is 5.02 Å². The van der Waals surface area contributed by atoms with Crippen LogP contribution in [0.15, 0.2) is 72.8 Å². The Bertz CT molecular complexity index is 1260. The third-order valence-electron chi connectivity index (χ3n) is 5.85. The lowest BCUT2D eigenvalue weighted by atomic mass is 9.90. The fourth-order valence-electron chi connectivity index (χ4n) is 4.38. The standard InChI is InChI=1S/C24H15ClF4N2O3/c25-16-10-5-11-17(26)18(16)20-19-21(34-31(20)14-7-2-1-3-8-14)23(33)30(22(19)32)15-9-4-6-13(12-15)24(27,28)29/h1-12,19-21H/t19-,20-,21+/m0/s1. The molecule has 0 saturated carbocycles. The average molecular weight is 491 g/mol. The van der Waals surface area contributed by atoms with Crippen molar-refractivity contribution >= 4 is 34.8 Å². The topological polar surface area (TPSA) is 49.9 Å². The fourth-order valence-corrected chi connectivity index (χ4v) is 4.65. The van der Waals surface area contributed by atoms with Gasteiger partial charge in [-0.25, -0.2) is 14.4 Å². The third-order valence-corrected chi connectivity index (χ3v) is 6.18. The van der Waals surface area contributed by atoms with E-state index in [-0.39, 0.29) is 16.3 Å². The number of amides is 2. The molecule has 34 heavy (non-hydrogen) atoms. The van der Waals surface area contributed by atoms with Crippen molar-refractivity contribution in [1.82, 2.24) is 0 Å². The van der Waals surface area contributed by atoms with E-state index in [1.54, 1.807) is 30.3 Å². The molecule has 0 spiro atoms. The second kappa shape index (κ2) is 8.11. The smallest absolute Gasteiger partial charge is 0.273 e. The molecule has 174 valence electrons. The maximum absolute atomic E-state index is 15.0. The van der Waals surface area contributed by atoms with E-state index < -0.39 is 47.4 Å². The number of hydroxylamine groups is 1. The molecule has 0 N–H and O–H groups in total. The van der Waals surface area contributed by atoms with Gasteiger partial charge in [0.15, 0.2) is 6.10 Å². The van der Waals surface area contributed by atoms with Gasteiger partial charge in [0.1, 0.15) is 17.8 Å². The molecule has 2 amide bonds. The van der Waals surface area contributed by atoms with Gasteiger partial charge in [-0.15, -0.1) is 0 Å². The summed E-state index contributed by atoms with van der Waals surface area (Å²) in [4.78, 5) is 33.2. The van der Waals surface area contributed by atoms with Crippen LogP contribution in [0.1, 0.15) is 17.2 Å². The lowest BCUT2D eigenvalue weighted by Crippen LogP contribution is -2.37. The summed E-state index contributed by atoms with van der Waals surface area (Å²) in [6, 6.07) is 15.2. The van der Waals surface area contributed by atoms with Crippen molar-refractivity contribution < 1.29 is 32.0 Å². The van der Waals surface area contributed by atoms with Crippen LogP contribution in [-0.2, 0) is 20.6 Å². The number of carbonyl (C=O) groups excluding carboxylic acids is 2. The summed E-state index contributed by atoms with van der Waals surface area (Å²) in [5.74, 6) is -3.60. The summed E-state index contributed by atoms with van der Waals surface area (Å²) in [6.45, 7) is 0. The fraction of sp³-hybridized carbons (Fsp3) is 0.167. The molecule has 2 saturated heterocycles. The van der Waals surface area contributed by atoms with Crippen LogP contribution in [0.5, 0.6) is 0 Å². The minimum absolute atomic E-state index is 0.0212. The maximum Gasteiger partial charge on any atom is 0.416 e. The SMILES string of the molecule is O=C1[C@@H]2[C@@H](ON(c3ccccc3)[C@H]2c2c(F)cccc2Cl)C(=O)N1c1cccc(C(F)(F)F)c1. The van der Waals surface area contributed by atoms with Crippen molar-refractivity contribution in [3.63, 3.8) is 0 Å². The molecule has 0 unspecified atom stereocenters. The molecular weight excluding hydrogens is 476 g/mol. The number of hydrogen-bond acceptors (Lipinski definition) is 4. The van der Waals surface area contributed by atoms with Crippen molar-refractivity contribution in [2.45, 2.75) is 18.3 Å². The highest BCUT2D eigenvalue weighted by Gasteiger charge is 2.61. The predicted octanol–water partition coefficient (Wildman–Crippen LogP) is 5.55.